The Balaban J connectivity index is 1.98. The Hall–Kier alpha value is -2.81. The molecule has 108 valence electrons. The number of nitrogen functional groups attached to an aromatic ring is 1. The van der Waals surface area contributed by atoms with Gasteiger partial charge in [0.2, 0.25) is 0 Å². The fourth-order valence-corrected chi connectivity index (χ4v) is 3.02. The average molecular weight is 287 g/mol. The fraction of sp³-hybridized carbons (Fsp3) is 0.105. The van der Waals surface area contributed by atoms with Gasteiger partial charge in [-0.3, -0.25) is 0 Å². The summed E-state index contributed by atoms with van der Waals surface area (Å²) >= 11 is 0. The Morgan fingerprint density at radius 2 is 1.82 bits per heavy atom. The summed E-state index contributed by atoms with van der Waals surface area (Å²) in [4.78, 5) is 4.81. The number of imidazole rings is 1. The summed E-state index contributed by atoms with van der Waals surface area (Å²) in [5, 5.41) is 2.48. The van der Waals surface area contributed by atoms with Gasteiger partial charge in [-0.15, -0.1) is 0 Å². The SMILES string of the molecule is CCc1c(-c2ccc3ccccc3c2)nc2ccc(N)cn12. The van der Waals surface area contributed by atoms with Crippen LogP contribution in [0.15, 0.2) is 60.8 Å². The van der Waals surface area contributed by atoms with Crippen LogP contribution in [0.5, 0.6) is 0 Å². The van der Waals surface area contributed by atoms with E-state index in [1.165, 1.54) is 16.5 Å². The molecule has 2 aromatic carbocycles. The van der Waals surface area contributed by atoms with E-state index < -0.39 is 0 Å². The van der Waals surface area contributed by atoms with Gasteiger partial charge < -0.3 is 10.1 Å². The summed E-state index contributed by atoms with van der Waals surface area (Å²) in [7, 11) is 0. The summed E-state index contributed by atoms with van der Waals surface area (Å²) < 4.78 is 2.10. The molecule has 0 bridgehead atoms. The molecule has 22 heavy (non-hydrogen) atoms. The molecule has 0 aliphatic rings. The number of hydrogen-bond acceptors (Lipinski definition) is 2. The number of fused-ring (bicyclic) bond motifs is 2. The predicted octanol–water partition coefficient (Wildman–Crippen LogP) is 4.30. The topological polar surface area (TPSA) is 43.3 Å². The third kappa shape index (κ3) is 1.94. The summed E-state index contributed by atoms with van der Waals surface area (Å²) in [5.74, 6) is 0. The Bertz CT molecular complexity index is 982. The molecule has 0 radical (unpaired) electrons. The molecule has 0 saturated heterocycles. The number of hydrogen-bond donors (Lipinski definition) is 1. The minimum absolute atomic E-state index is 0.754. The number of aryl methyl sites for hydroxylation is 1. The molecular formula is C19H17N3. The van der Waals surface area contributed by atoms with Crippen molar-refractivity contribution in [2.75, 3.05) is 5.73 Å². The Kier molecular flexibility index (Phi) is 2.86. The highest BCUT2D eigenvalue weighted by atomic mass is 15.0. The van der Waals surface area contributed by atoms with Crippen molar-refractivity contribution < 1.29 is 0 Å². The molecule has 4 rings (SSSR count). The van der Waals surface area contributed by atoms with E-state index in [0.29, 0.717) is 0 Å². The zero-order chi connectivity index (χ0) is 15.1. The zero-order valence-corrected chi connectivity index (χ0v) is 12.5. The monoisotopic (exact) mass is 287 g/mol. The largest absolute Gasteiger partial charge is 0.398 e. The minimum Gasteiger partial charge on any atom is -0.398 e. The van der Waals surface area contributed by atoms with Crippen molar-refractivity contribution in [3.63, 3.8) is 0 Å². The Labute approximate surface area is 129 Å². The molecule has 0 amide bonds. The van der Waals surface area contributed by atoms with E-state index in [-0.39, 0.29) is 0 Å². The molecule has 2 aromatic heterocycles. The number of benzene rings is 2. The van der Waals surface area contributed by atoms with Crippen LogP contribution in [0.2, 0.25) is 0 Å². The van der Waals surface area contributed by atoms with Gasteiger partial charge in [0.25, 0.3) is 0 Å². The summed E-state index contributed by atoms with van der Waals surface area (Å²) in [6.07, 6.45) is 2.86. The van der Waals surface area contributed by atoms with Crippen LogP contribution in [0.4, 0.5) is 5.69 Å². The van der Waals surface area contributed by atoms with Crippen molar-refractivity contribution in [3.8, 4) is 11.3 Å². The molecule has 0 spiro atoms. The van der Waals surface area contributed by atoms with Gasteiger partial charge in [-0.2, -0.15) is 0 Å². The third-order valence-corrected chi connectivity index (χ3v) is 4.10. The lowest BCUT2D eigenvalue weighted by atomic mass is 10.0. The van der Waals surface area contributed by atoms with Gasteiger partial charge in [-0.1, -0.05) is 43.3 Å². The molecule has 0 aliphatic heterocycles. The van der Waals surface area contributed by atoms with Gasteiger partial charge in [-0.05, 0) is 35.4 Å². The number of nitrogens with zero attached hydrogens (tertiary/aromatic N) is 2. The smallest absolute Gasteiger partial charge is 0.137 e. The van der Waals surface area contributed by atoms with Crippen LogP contribution in [0.1, 0.15) is 12.6 Å². The van der Waals surface area contributed by atoms with Crippen LogP contribution in [0.3, 0.4) is 0 Å². The van der Waals surface area contributed by atoms with Crippen molar-refractivity contribution in [1.82, 2.24) is 9.38 Å². The van der Waals surface area contributed by atoms with E-state index >= 15 is 0 Å². The van der Waals surface area contributed by atoms with Crippen LogP contribution in [0.25, 0.3) is 27.7 Å². The normalized spacial score (nSPS) is 11.3. The summed E-state index contributed by atoms with van der Waals surface area (Å²) in [6.45, 7) is 2.15. The first-order chi connectivity index (χ1) is 10.8. The van der Waals surface area contributed by atoms with E-state index in [1.807, 2.05) is 18.3 Å². The van der Waals surface area contributed by atoms with E-state index in [0.717, 1.165) is 29.0 Å². The maximum absolute atomic E-state index is 5.92. The molecule has 3 heteroatoms. The molecule has 4 aromatic rings. The van der Waals surface area contributed by atoms with Crippen molar-refractivity contribution in [1.29, 1.82) is 0 Å². The lowest BCUT2D eigenvalue weighted by Gasteiger charge is -2.05. The van der Waals surface area contributed by atoms with Crippen molar-refractivity contribution in [2.45, 2.75) is 13.3 Å². The first kappa shape index (κ1) is 12.9. The number of pyridine rings is 1. The number of aromatic nitrogens is 2. The number of anilines is 1. The fourth-order valence-electron chi connectivity index (χ4n) is 3.02. The zero-order valence-electron chi connectivity index (χ0n) is 12.5. The highest BCUT2D eigenvalue weighted by Gasteiger charge is 2.13. The van der Waals surface area contributed by atoms with Crippen molar-refractivity contribution >= 4 is 22.1 Å². The second-order valence-corrected chi connectivity index (χ2v) is 5.51. The van der Waals surface area contributed by atoms with Crippen molar-refractivity contribution in [3.05, 3.63) is 66.5 Å². The van der Waals surface area contributed by atoms with E-state index in [1.54, 1.807) is 0 Å². The van der Waals surface area contributed by atoms with E-state index in [4.69, 9.17) is 10.7 Å². The first-order valence-electron chi connectivity index (χ1n) is 7.52. The molecule has 0 atom stereocenters. The summed E-state index contributed by atoms with van der Waals surface area (Å²) in [6, 6.07) is 18.8. The molecule has 2 heterocycles. The number of nitrogens with two attached hydrogens (primary N) is 1. The Morgan fingerprint density at radius 1 is 1.00 bits per heavy atom. The van der Waals surface area contributed by atoms with E-state index in [9.17, 15) is 0 Å². The second-order valence-electron chi connectivity index (χ2n) is 5.51. The molecule has 0 saturated carbocycles. The van der Waals surface area contributed by atoms with Crippen LogP contribution >= 0.6 is 0 Å². The van der Waals surface area contributed by atoms with Crippen LogP contribution in [-0.4, -0.2) is 9.38 Å². The first-order valence-corrected chi connectivity index (χ1v) is 7.52. The van der Waals surface area contributed by atoms with Crippen LogP contribution < -0.4 is 5.73 Å². The number of rotatable bonds is 2. The molecular weight excluding hydrogens is 270 g/mol. The lowest BCUT2D eigenvalue weighted by molar-refractivity contribution is 0.999. The minimum atomic E-state index is 0.754. The molecule has 3 nitrogen and oxygen atoms in total. The van der Waals surface area contributed by atoms with Gasteiger partial charge in [0, 0.05) is 17.4 Å². The van der Waals surface area contributed by atoms with Crippen LogP contribution in [0, 0.1) is 0 Å². The molecule has 0 unspecified atom stereocenters. The second kappa shape index (κ2) is 4.88. The van der Waals surface area contributed by atoms with Crippen LogP contribution in [-0.2, 0) is 6.42 Å². The average Bonchev–Trinajstić information content (AvgIpc) is 2.92. The summed E-state index contributed by atoms with van der Waals surface area (Å²) in [5.41, 5.74) is 11.0. The van der Waals surface area contributed by atoms with Gasteiger partial charge >= 0.3 is 0 Å². The quantitative estimate of drug-likeness (QED) is 0.597. The van der Waals surface area contributed by atoms with Gasteiger partial charge in [0.05, 0.1) is 11.4 Å². The van der Waals surface area contributed by atoms with Gasteiger partial charge in [0.15, 0.2) is 0 Å². The molecule has 0 aliphatic carbocycles. The molecule has 0 fully saturated rings. The Morgan fingerprint density at radius 3 is 2.64 bits per heavy atom. The van der Waals surface area contributed by atoms with E-state index in [2.05, 4.69) is 53.8 Å². The maximum Gasteiger partial charge on any atom is 0.137 e. The maximum atomic E-state index is 5.92. The lowest BCUT2D eigenvalue weighted by Crippen LogP contribution is -1.95. The van der Waals surface area contributed by atoms with Gasteiger partial charge in [0.1, 0.15) is 5.65 Å². The highest BCUT2D eigenvalue weighted by Crippen LogP contribution is 2.28. The highest BCUT2D eigenvalue weighted by molar-refractivity contribution is 5.87. The standard InChI is InChI=1S/C19H17N3/c1-2-17-19(21-18-10-9-16(20)12-22(17)18)15-8-7-13-5-3-4-6-14(13)11-15/h3-12H,2,20H2,1H3. The van der Waals surface area contributed by atoms with Gasteiger partial charge in [-0.25, -0.2) is 4.98 Å². The van der Waals surface area contributed by atoms with Crippen molar-refractivity contribution in [2.24, 2.45) is 0 Å². The third-order valence-electron chi connectivity index (χ3n) is 4.10. The molecule has 2 N–H and O–H groups in total. The predicted molar refractivity (Wildman–Crippen MR) is 91.9 cm³/mol.